The topological polar surface area (TPSA) is 128 Å². The number of phenols is 1. The van der Waals surface area contributed by atoms with Crippen LogP contribution in [0.5, 0.6) is 17.2 Å². The lowest BCUT2D eigenvalue weighted by atomic mass is 9.95. The van der Waals surface area contributed by atoms with E-state index in [0.717, 1.165) is 25.7 Å². The minimum absolute atomic E-state index is 0.0475. The van der Waals surface area contributed by atoms with E-state index in [1.54, 1.807) is 0 Å². The molecule has 12 heteroatoms. The van der Waals surface area contributed by atoms with Crippen LogP contribution in [-0.4, -0.2) is 29.7 Å². The van der Waals surface area contributed by atoms with Crippen molar-refractivity contribution in [3.8, 4) is 17.2 Å². The van der Waals surface area contributed by atoms with Crippen LogP contribution >= 0.6 is 30.8 Å². The first-order chi connectivity index (χ1) is 15.0. The minimum atomic E-state index is -4.30. The summed E-state index contributed by atoms with van der Waals surface area (Å²) in [6.07, 6.45) is 3.40. The number of anilines is 1. The second-order valence-electron chi connectivity index (χ2n) is 8.26. The highest BCUT2D eigenvalue weighted by Gasteiger charge is 2.44. The van der Waals surface area contributed by atoms with E-state index in [2.05, 4.69) is 0 Å². The maximum absolute atomic E-state index is 12.2. The SMILES string of the molecule is O=S(O)N(c1cc(Oc2c(Cl)cc(CP(=O)(O)O)cc2Cl)ccc1O)C1CC2CCC1C2. The Hall–Kier alpha value is -1.32. The first-order valence-electron chi connectivity index (χ1n) is 9.95. The van der Waals surface area contributed by atoms with E-state index in [1.807, 2.05) is 0 Å². The molecule has 4 rings (SSSR count). The molecule has 0 aliphatic heterocycles. The van der Waals surface area contributed by atoms with Crippen molar-refractivity contribution in [3.05, 3.63) is 45.9 Å². The van der Waals surface area contributed by atoms with Gasteiger partial charge in [0.1, 0.15) is 11.5 Å². The zero-order valence-corrected chi connectivity index (χ0v) is 19.9. The number of aromatic hydroxyl groups is 1. The molecule has 8 nitrogen and oxygen atoms in total. The zero-order chi connectivity index (χ0) is 23.2. The Morgan fingerprint density at radius 2 is 1.81 bits per heavy atom. The third kappa shape index (κ3) is 5.09. The normalized spacial score (nSPS) is 23.3. The van der Waals surface area contributed by atoms with E-state index in [1.165, 1.54) is 34.6 Å². The van der Waals surface area contributed by atoms with E-state index in [-0.39, 0.29) is 44.6 Å². The molecule has 2 fully saturated rings. The third-order valence-corrected chi connectivity index (χ3v) is 8.16. The number of benzene rings is 2. The highest BCUT2D eigenvalue weighted by atomic mass is 35.5. The number of fused-ring (bicyclic) bond motifs is 2. The molecule has 4 atom stereocenters. The van der Waals surface area contributed by atoms with Gasteiger partial charge in [0.25, 0.3) is 11.3 Å². The Balaban J connectivity index is 1.63. The molecule has 0 saturated heterocycles. The summed E-state index contributed by atoms with van der Waals surface area (Å²) in [6, 6.07) is 6.84. The van der Waals surface area contributed by atoms with Crippen molar-refractivity contribution in [2.75, 3.05) is 4.31 Å². The summed E-state index contributed by atoms with van der Waals surface area (Å²) in [5.41, 5.74) is 0.427. The third-order valence-electron chi connectivity index (χ3n) is 6.02. The molecule has 0 spiro atoms. The van der Waals surface area contributed by atoms with Crippen molar-refractivity contribution < 1.29 is 33.0 Å². The molecule has 0 aromatic heterocycles. The van der Waals surface area contributed by atoms with Gasteiger partial charge in [-0.1, -0.05) is 29.6 Å². The van der Waals surface area contributed by atoms with Gasteiger partial charge in [-0.2, -0.15) is 0 Å². The molecule has 2 aliphatic rings. The number of hydrogen-bond acceptors (Lipinski definition) is 4. The fraction of sp³-hybridized carbons (Fsp3) is 0.400. The summed E-state index contributed by atoms with van der Waals surface area (Å²) in [4.78, 5) is 18.3. The number of nitrogens with zero attached hydrogens (tertiary/aromatic N) is 1. The van der Waals surface area contributed by atoms with Gasteiger partial charge in [0.05, 0.1) is 21.9 Å². The fourth-order valence-corrected chi connectivity index (χ4v) is 6.85. The summed E-state index contributed by atoms with van der Waals surface area (Å²) in [5.74, 6) is 0.961. The maximum atomic E-state index is 12.2. The van der Waals surface area contributed by atoms with Gasteiger partial charge in [-0.25, -0.2) is 4.21 Å². The maximum Gasteiger partial charge on any atom is 0.329 e. The molecular weight excluding hydrogens is 500 g/mol. The molecule has 0 amide bonds. The Labute approximate surface area is 197 Å². The average molecular weight is 522 g/mol. The summed E-state index contributed by atoms with van der Waals surface area (Å²) in [5, 5.41) is 10.5. The zero-order valence-electron chi connectivity index (χ0n) is 16.7. The Bertz CT molecular complexity index is 1090. The van der Waals surface area contributed by atoms with Gasteiger partial charge in [-0.3, -0.25) is 13.4 Å². The molecule has 174 valence electrons. The Kier molecular flexibility index (Phi) is 6.81. The van der Waals surface area contributed by atoms with Gasteiger partial charge >= 0.3 is 7.60 Å². The lowest BCUT2D eigenvalue weighted by molar-refractivity contribution is 0.371. The van der Waals surface area contributed by atoms with Crippen molar-refractivity contribution in [2.24, 2.45) is 11.8 Å². The van der Waals surface area contributed by atoms with Crippen LogP contribution in [0, 0.1) is 11.8 Å². The van der Waals surface area contributed by atoms with E-state index in [9.17, 15) is 18.4 Å². The summed E-state index contributed by atoms with van der Waals surface area (Å²) in [6.45, 7) is 0. The van der Waals surface area contributed by atoms with Gasteiger partial charge in [-0.15, -0.1) is 0 Å². The molecule has 2 saturated carbocycles. The number of hydrogen-bond donors (Lipinski definition) is 4. The summed E-state index contributed by atoms with van der Waals surface area (Å²) in [7, 11) is -4.30. The Morgan fingerprint density at radius 1 is 1.12 bits per heavy atom. The highest BCUT2D eigenvalue weighted by molar-refractivity contribution is 7.80. The van der Waals surface area contributed by atoms with Gasteiger partial charge in [0, 0.05) is 12.1 Å². The van der Waals surface area contributed by atoms with Crippen molar-refractivity contribution in [1.29, 1.82) is 0 Å². The molecule has 0 heterocycles. The average Bonchev–Trinajstić information content (AvgIpc) is 3.29. The van der Waals surface area contributed by atoms with Gasteiger partial charge in [0.2, 0.25) is 0 Å². The molecule has 0 radical (unpaired) electrons. The first-order valence-corrected chi connectivity index (χ1v) is 13.6. The molecular formula is C20H22Cl2NO7PS. The highest BCUT2D eigenvalue weighted by Crippen LogP contribution is 2.50. The molecule has 2 aromatic carbocycles. The van der Waals surface area contributed by atoms with Crippen LogP contribution in [-0.2, 0) is 22.0 Å². The smallest absolute Gasteiger partial charge is 0.329 e. The summed E-state index contributed by atoms with van der Waals surface area (Å²) >= 11 is 10.1. The van der Waals surface area contributed by atoms with Crippen molar-refractivity contribution in [1.82, 2.24) is 0 Å². The van der Waals surface area contributed by atoms with Crippen LogP contribution in [0.1, 0.15) is 31.2 Å². The van der Waals surface area contributed by atoms with E-state index in [0.29, 0.717) is 11.8 Å². The van der Waals surface area contributed by atoms with Crippen molar-refractivity contribution in [3.63, 3.8) is 0 Å². The van der Waals surface area contributed by atoms with Crippen LogP contribution < -0.4 is 9.04 Å². The minimum Gasteiger partial charge on any atom is -0.506 e. The van der Waals surface area contributed by atoms with Crippen LogP contribution in [0.15, 0.2) is 30.3 Å². The second kappa shape index (κ2) is 9.14. The monoisotopic (exact) mass is 521 g/mol. The van der Waals surface area contributed by atoms with Gasteiger partial charge < -0.3 is 19.6 Å². The molecule has 2 bridgehead atoms. The van der Waals surface area contributed by atoms with E-state index >= 15 is 0 Å². The second-order valence-corrected chi connectivity index (χ2v) is 11.6. The number of rotatable bonds is 7. The van der Waals surface area contributed by atoms with Crippen LogP contribution in [0.25, 0.3) is 0 Å². The Morgan fingerprint density at radius 3 is 2.34 bits per heavy atom. The molecule has 2 aromatic rings. The quantitative estimate of drug-likeness (QED) is 0.287. The van der Waals surface area contributed by atoms with Crippen molar-refractivity contribution in [2.45, 2.75) is 37.9 Å². The lowest BCUT2D eigenvalue weighted by Gasteiger charge is -2.33. The van der Waals surface area contributed by atoms with Crippen molar-refractivity contribution >= 4 is 47.8 Å². The number of halogens is 2. The molecule has 4 N–H and O–H groups in total. The van der Waals surface area contributed by atoms with Gasteiger partial charge in [-0.05, 0) is 60.9 Å². The lowest BCUT2D eigenvalue weighted by Crippen LogP contribution is -2.40. The van der Waals surface area contributed by atoms with Crippen LogP contribution in [0.4, 0.5) is 5.69 Å². The van der Waals surface area contributed by atoms with Crippen LogP contribution in [0.2, 0.25) is 10.0 Å². The molecule has 2 aliphatic carbocycles. The number of phenolic OH excluding ortho intramolecular Hbond substituents is 1. The first kappa shape index (κ1) is 23.8. The predicted octanol–water partition coefficient (Wildman–Crippen LogP) is 5.30. The fourth-order valence-electron chi connectivity index (χ4n) is 4.78. The van der Waals surface area contributed by atoms with Crippen LogP contribution in [0.3, 0.4) is 0 Å². The summed E-state index contributed by atoms with van der Waals surface area (Å²) < 4.78 is 40.6. The predicted molar refractivity (Wildman–Crippen MR) is 123 cm³/mol. The molecule has 4 unspecified atom stereocenters. The number of ether oxygens (including phenoxy) is 1. The van der Waals surface area contributed by atoms with Gasteiger partial charge in [0.15, 0.2) is 5.75 Å². The largest absolute Gasteiger partial charge is 0.506 e. The van der Waals surface area contributed by atoms with E-state index in [4.69, 9.17) is 37.7 Å². The van der Waals surface area contributed by atoms with E-state index < -0.39 is 25.0 Å². The molecule has 32 heavy (non-hydrogen) atoms. The standard InChI is InChI=1S/C20H22Cl2NO7PS/c21-15-6-12(10-31(25,26)27)7-16(22)20(15)30-14-3-4-19(24)18(9-14)23(32(28)29)17-8-11-1-2-13(17)5-11/h3-4,6-7,9,11,13,17,24H,1-2,5,8,10H2,(H,28,29)(H2,25,26,27).